The molecule has 0 aliphatic heterocycles. The van der Waals surface area contributed by atoms with E-state index >= 15 is 0 Å². The number of rotatable bonds is 10. The Morgan fingerprint density at radius 2 is 1.84 bits per heavy atom. The van der Waals surface area contributed by atoms with Crippen LogP contribution >= 0.6 is 0 Å². The van der Waals surface area contributed by atoms with Gasteiger partial charge in [0.05, 0.1) is 38.2 Å². The largest absolute Gasteiger partial charge is 0.495 e. The highest BCUT2D eigenvalue weighted by atomic mass is 16.5. The van der Waals surface area contributed by atoms with Crippen molar-refractivity contribution in [1.29, 1.82) is 5.26 Å². The van der Waals surface area contributed by atoms with E-state index in [4.69, 9.17) is 14.4 Å². The normalized spacial score (nSPS) is 10.4. The first kappa shape index (κ1) is 22.6. The number of benzene rings is 2. The van der Waals surface area contributed by atoms with Gasteiger partial charge >= 0.3 is 0 Å². The lowest BCUT2D eigenvalue weighted by Gasteiger charge is -2.19. The first-order valence-corrected chi connectivity index (χ1v) is 10.0. The van der Waals surface area contributed by atoms with E-state index in [-0.39, 0.29) is 18.4 Å². The number of hydrogen-bond donors (Lipinski definition) is 2. The molecule has 0 radical (unpaired) electrons. The van der Waals surface area contributed by atoms with E-state index < -0.39 is 0 Å². The van der Waals surface area contributed by atoms with E-state index in [2.05, 4.69) is 16.7 Å². The van der Waals surface area contributed by atoms with E-state index in [9.17, 15) is 9.59 Å². The summed E-state index contributed by atoms with van der Waals surface area (Å²) in [6.07, 6.45) is 1.88. The molecule has 0 saturated heterocycles. The molecule has 3 aromatic rings. The van der Waals surface area contributed by atoms with Gasteiger partial charge in [-0.05, 0) is 48.5 Å². The van der Waals surface area contributed by atoms with Crippen molar-refractivity contribution in [2.75, 3.05) is 30.8 Å². The quantitative estimate of drug-likeness (QED) is 0.503. The summed E-state index contributed by atoms with van der Waals surface area (Å²) in [5.74, 6) is 0.788. The van der Waals surface area contributed by atoms with Crippen molar-refractivity contribution in [3.63, 3.8) is 0 Å². The number of ether oxygens (including phenoxy) is 1. The number of carbonyl (C=O) groups is 2. The first-order chi connectivity index (χ1) is 15.6. The van der Waals surface area contributed by atoms with Crippen LogP contribution in [0.3, 0.4) is 0 Å². The number of nitrogens with zero attached hydrogens (tertiary/aromatic N) is 2. The lowest BCUT2D eigenvalue weighted by atomic mass is 10.2. The van der Waals surface area contributed by atoms with Gasteiger partial charge in [0.25, 0.3) is 5.91 Å². The number of nitriles is 1. The number of methoxy groups -OCH3 is 1. The molecule has 2 N–H and O–H groups in total. The van der Waals surface area contributed by atoms with Crippen molar-refractivity contribution in [2.45, 2.75) is 13.0 Å². The average Bonchev–Trinajstić information content (AvgIpc) is 3.31. The van der Waals surface area contributed by atoms with E-state index in [1.54, 1.807) is 55.8 Å². The highest BCUT2D eigenvalue weighted by molar-refractivity contribution is 6.05. The van der Waals surface area contributed by atoms with Crippen LogP contribution in [0.1, 0.15) is 22.5 Å². The molecule has 0 saturated carbocycles. The summed E-state index contributed by atoms with van der Waals surface area (Å²) in [5, 5.41) is 14.5. The Balaban J connectivity index is 1.57. The maximum Gasteiger partial charge on any atom is 0.255 e. The zero-order valence-electron chi connectivity index (χ0n) is 17.7. The van der Waals surface area contributed by atoms with Crippen molar-refractivity contribution in [1.82, 2.24) is 4.90 Å². The highest BCUT2D eigenvalue weighted by Crippen LogP contribution is 2.24. The van der Waals surface area contributed by atoms with E-state index in [1.807, 2.05) is 23.1 Å². The van der Waals surface area contributed by atoms with Crippen molar-refractivity contribution >= 4 is 23.2 Å². The van der Waals surface area contributed by atoms with Crippen LogP contribution in [0.2, 0.25) is 0 Å². The molecule has 0 fully saturated rings. The van der Waals surface area contributed by atoms with Crippen LogP contribution in [0.25, 0.3) is 0 Å². The molecular weight excluding hydrogens is 408 g/mol. The van der Waals surface area contributed by atoms with Crippen LogP contribution in [-0.4, -0.2) is 36.9 Å². The molecule has 0 aliphatic carbocycles. The fourth-order valence-electron chi connectivity index (χ4n) is 3.10. The molecule has 0 atom stereocenters. The summed E-state index contributed by atoms with van der Waals surface area (Å²) in [4.78, 5) is 26.8. The number of para-hydroxylation sites is 2. The Morgan fingerprint density at radius 3 is 2.53 bits per heavy atom. The Bertz CT molecular complexity index is 1070. The summed E-state index contributed by atoms with van der Waals surface area (Å²) >= 11 is 0. The molecule has 0 unspecified atom stereocenters. The standard InChI is InChI=1S/C24H24N4O4/c1-31-22-8-3-2-7-21(22)27-24(30)18-9-11-19(12-10-18)26-23(29)17-28(14-5-13-25)16-20-6-4-15-32-20/h2-4,6-12,15H,5,14,16-17H2,1H3,(H,26,29)(H,27,30). The van der Waals surface area contributed by atoms with E-state index in [0.717, 1.165) is 5.76 Å². The van der Waals surface area contributed by atoms with Gasteiger partial charge in [-0.1, -0.05) is 12.1 Å². The maximum atomic E-state index is 12.5. The molecule has 2 aromatic carbocycles. The Morgan fingerprint density at radius 1 is 1.06 bits per heavy atom. The summed E-state index contributed by atoms with van der Waals surface area (Å²) in [6, 6.07) is 19.5. The van der Waals surface area contributed by atoms with Gasteiger partial charge in [-0.25, -0.2) is 0 Å². The topological polar surface area (TPSA) is 108 Å². The minimum atomic E-state index is -0.284. The lowest BCUT2D eigenvalue weighted by molar-refractivity contribution is -0.117. The molecule has 1 aromatic heterocycles. The van der Waals surface area contributed by atoms with Crippen LogP contribution < -0.4 is 15.4 Å². The predicted molar refractivity (Wildman–Crippen MR) is 120 cm³/mol. The molecule has 8 heteroatoms. The third-order valence-electron chi connectivity index (χ3n) is 4.65. The van der Waals surface area contributed by atoms with Gasteiger partial charge in [0.15, 0.2) is 0 Å². The van der Waals surface area contributed by atoms with Crippen molar-refractivity contribution in [3.05, 3.63) is 78.3 Å². The zero-order valence-corrected chi connectivity index (χ0v) is 17.7. The smallest absolute Gasteiger partial charge is 0.255 e. The minimum Gasteiger partial charge on any atom is -0.495 e. The van der Waals surface area contributed by atoms with Gasteiger partial charge in [0.2, 0.25) is 5.91 Å². The third kappa shape index (κ3) is 6.45. The van der Waals surface area contributed by atoms with Crippen molar-refractivity contribution < 1.29 is 18.7 Å². The molecule has 164 valence electrons. The predicted octanol–water partition coefficient (Wildman–Crippen LogP) is 3.89. The van der Waals surface area contributed by atoms with Crippen LogP contribution in [0.15, 0.2) is 71.3 Å². The minimum absolute atomic E-state index is 0.110. The third-order valence-corrected chi connectivity index (χ3v) is 4.65. The van der Waals surface area contributed by atoms with Crippen LogP contribution in [0.4, 0.5) is 11.4 Å². The Hall–Kier alpha value is -4.09. The van der Waals surface area contributed by atoms with Crippen molar-refractivity contribution in [2.24, 2.45) is 0 Å². The average molecular weight is 432 g/mol. The summed E-state index contributed by atoms with van der Waals surface area (Å²) in [5.41, 5.74) is 1.59. The molecular formula is C24H24N4O4. The summed E-state index contributed by atoms with van der Waals surface area (Å²) < 4.78 is 10.6. The molecule has 2 amide bonds. The fraction of sp³-hybridized carbons (Fsp3) is 0.208. The van der Waals surface area contributed by atoms with Crippen LogP contribution in [-0.2, 0) is 11.3 Å². The lowest BCUT2D eigenvalue weighted by Crippen LogP contribution is -2.33. The number of nitrogens with one attached hydrogen (secondary N) is 2. The van der Waals surface area contributed by atoms with Crippen LogP contribution in [0, 0.1) is 11.3 Å². The molecule has 0 spiro atoms. The SMILES string of the molecule is COc1ccccc1NC(=O)c1ccc(NC(=O)CN(CCC#N)Cc2ccco2)cc1. The molecule has 8 nitrogen and oxygen atoms in total. The first-order valence-electron chi connectivity index (χ1n) is 10.0. The molecule has 1 heterocycles. The Labute approximate surface area is 186 Å². The molecule has 3 rings (SSSR count). The number of carbonyl (C=O) groups excluding carboxylic acids is 2. The van der Waals surface area contributed by atoms with Gasteiger partial charge in [0.1, 0.15) is 11.5 Å². The molecule has 0 aliphatic rings. The molecule has 32 heavy (non-hydrogen) atoms. The van der Waals surface area contributed by atoms with Gasteiger partial charge in [-0.15, -0.1) is 0 Å². The second kappa shape index (κ2) is 11.3. The number of anilines is 2. The van der Waals surface area contributed by atoms with E-state index in [1.165, 1.54) is 0 Å². The summed E-state index contributed by atoms with van der Waals surface area (Å²) in [7, 11) is 1.54. The Kier molecular flexibility index (Phi) is 8.01. The number of furan rings is 1. The second-order valence-electron chi connectivity index (χ2n) is 6.98. The molecule has 0 bridgehead atoms. The maximum absolute atomic E-state index is 12.5. The van der Waals surface area contributed by atoms with Gasteiger partial charge < -0.3 is 19.8 Å². The summed E-state index contributed by atoms with van der Waals surface area (Å²) in [6.45, 7) is 0.995. The highest BCUT2D eigenvalue weighted by Gasteiger charge is 2.14. The van der Waals surface area contributed by atoms with Gasteiger partial charge in [-0.2, -0.15) is 5.26 Å². The van der Waals surface area contributed by atoms with E-state index in [0.29, 0.717) is 42.2 Å². The van der Waals surface area contributed by atoms with Crippen LogP contribution in [0.5, 0.6) is 5.75 Å². The monoisotopic (exact) mass is 432 g/mol. The van der Waals surface area contributed by atoms with Gasteiger partial charge in [-0.3, -0.25) is 14.5 Å². The van der Waals surface area contributed by atoms with Gasteiger partial charge in [0, 0.05) is 24.2 Å². The number of hydrogen-bond acceptors (Lipinski definition) is 6. The zero-order chi connectivity index (χ0) is 22.8. The fourth-order valence-corrected chi connectivity index (χ4v) is 3.10. The second-order valence-corrected chi connectivity index (χ2v) is 6.98. The number of amides is 2. The van der Waals surface area contributed by atoms with Crippen molar-refractivity contribution in [3.8, 4) is 11.8 Å².